The fraction of sp³-hybridized carbons (Fsp3) is 0.385. The lowest BCUT2D eigenvalue weighted by atomic mass is 9.78. The number of carbonyl (C=O) groups is 2. The zero-order valence-electron chi connectivity index (χ0n) is 19.0. The molecule has 1 saturated heterocycles. The van der Waals surface area contributed by atoms with Crippen LogP contribution in [-0.2, 0) is 5.41 Å². The number of ether oxygens (including phenoxy) is 2. The number of benzene rings is 2. The number of piperidine rings is 1. The number of Topliss-reactive ketones (excluding diaryl/α,β-unsaturated/α-hetero) is 1. The number of para-hydroxylation sites is 1. The van der Waals surface area contributed by atoms with Crippen LogP contribution in [0.4, 0.5) is 0 Å². The van der Waals surface area contributed by atoms with Crippen molar-refractivity contribution in [2.75, 3.05) is 20.2 Å². The molecule has 2 aromatic carbocycles. The SMILES string of the molecule is COc1cc(C(=O)N2CCC3(CC2)Oc2ccccc2C(=O)/C3=C\O)ccc1C(C)(C)C. The average Bonchev–Trinajstić information content (AvgIpc) is 2.78. The van der Waals surface area contributed by atoms with Gasteiger partial charge in [-0.2, -0.15) is 0 Å². The summed E-state index contributed by atoms with van der Waals surface area (Å²) >= 11 is 0. The fourth-order valence-electron chi connectivity index (χ4n) is 4.61. The molecule has 0 aliphatic carbocycles. The number of aliphatic hydroxyl groups excluding tert-OH is 1. The molecule has 2 aliphatic heterocycles. The first kappa shape index (κ1) is 21.9. The molecule has 1 spiro atoms. The lowest BCUT2D eigenvalue weighted by Crippen LogP contribution is -2.53. The van der Waals surface area contributed by atoms with Gasteiger partial charge in [-0.1, -0.05) is 39.0 Å². The van der Waals surface area contributed by atoms with Crippen molar-refractivity contribution in [1.29, 1.82) is 0 Å². The highest BCUT2D eigenvalue weighted by molar-refractivity contribution is 6.12. The first-order chi connectivity index (χ1) is 15.2. The summed E-state index contributed by atoms with van der Waals surface area (Å²) < 4.78 is 11.8. The van der Waals surface area contributed by atoms with Gasteiger partial charge in [-0.15, -0.1) is 0 Å². The molecule has 0 bridgehead atoms. The second-order valence-corrected chi connectivity index (χ2v) is 9.42. The van der Waals surface area contributed by atoms with Gasteiger partial charge in [0.05, 0.1) is 24.5 Å². The molecule has 0 aromatic heterocycles. The summed E-state index contributed by atoms with van der Waals surface area (Å²) in [4.78, 5) is 27.9. The van der Waals surface area contributed by atoms with Crippen molar-refractivity contribution in [1.82, 2.24) is 4.90 Å². The zero-order chi connectivity index (χ0) is 23.1. The van der Waals surface area contributed by atoms with Crippen LogP contribution >= 0.6 is 0 Å². The highest BCUT2D eigenvalue weighted by atomic mass is 16.5. The van der Waals surface area contributed by atoms with E-state index in [1.165, 1.54) is 0 Å². The monoisotopic (exact) mass is 435 g/mol. The Morgan fingerprint density at radius 2 is 1.84 bits per heavy atom. The Morgan fingerprint density at radius 1 is 1.16 bits per heavy atom. The van der Waals surface area contributed by atoms with Gasteiger partial charge in [0.25, 0.3) is 5.91 Å². The Bertz CT molecular complexity index is 1090. The molecule has 0 saturated carbocycles. The van der Waals surface area contributed by atoms with Gasteiger partial charge in [0.1, 0.15) is 17.1 Å². The molecule has 32 heavy (non-hydrogen) atoms. The number of aliphatic hydroxyl groups is 1. The molecule has 1 N–H and O–H groups in total. The van der Waals surface area contributed by atoms with E-state index < -0.39 is 5.60 Å². The second kappa shape index (κ2) is 8.01. The van der Waals surface area contributed by atoms with Gasteiger partial charge >= 0.3 is 0 Å². The molecular weight excluding hydrogens is 406 g/mol. The summed E-state index contributed by atoms with van der Waals surface area (Å²) in [7, 11) is 1.61. The predicted molar refractivity (Wildman–Crippen MR) is 122 cm³/mol. The quantitative estimate of drug-likeness (QED) is 0.547. The lowest BCUT2D eigenvalue weighted by Gasteiger charge is -2.44. The molecule has 1 fully saturated rings. The van der Waals surface area contributed by atoms with Crippen molar-refractivity contribution in [2.24, 2.45) is 0 Å². The van der Waals surface area contributed by atoms with Crippen LogP contribution in [0.1, 0.15) is 59.9 Å². The molecule has 2 aromatic rings. The number of likely N-dealkylation sites (tertiary alicyclic amines) is 1. The number of rotatable bonds is 2. The standard InChI is InChI=1S/C26H29NO5/c1-25(2,3)19-10-9-17(15-22(19)31-4)24(30)27-13-11-26(12-14-27)20(16-28)23(29)18-7-5-6-8-21(18)32-26/h5-10,15-16,28H,11-14H2,1-4H3/b20-16+. The minimum atomic E-state index is -0.926. The Hall–Kier alpha value is -3.28. The number of nitrogens with zero attached hydrogens (tertiary/aromatic N) is 1. The Balaban J connectivity index is 1.55. The molecule has 4 rings (SSSR count). The van der Waals surface area contributed by atoms with Crippen molar-refractivity contribution < 1.29 is 24.2 Å². The Morgan fingerprint density at radius 3 is 2.47 bits per heavy atom. The summed E-state index contributed by atoms with van der Waals surface area (Å²) in [6.07, 6.45) is 1.71. The Labute approximate surface area is 188 Å². The summed E-state index contributed by atoms with van der Waals surface area (Å²) in [6.45, 7) is 7.13. The molecule has 168 valence electrons. The molecule has 0 atom stereocenters. The third kappa shape index (κ3) is 3.64. The van der Waals surface area contributed by atoms with Crippen molar-refractivity contribution in [3.8, 4) is 11.5 Å². The zero-order valence-corrected chi connectivity index (χ0v) is 19.0. The number of hydrogen-bond donors (Lipinski definition) is 1. The number of methoxy groups -OCH3 is 1. The molecular formula is C26H29NO5. The molecule has 6 heteroatoms. The minimum absolute atomic E-state index is 0.0873. The van der Waals surface area contributed by atoms with Crippen molar-refractivity contribution in [3.05, 3.63) is 71.0 Å². The summed E-state index contributed by atoms with van der Waals surface area (Å²) in [5.41, 5.74) is 1.28. The van der Waals surface area contributed by atoms with Gasteiger partial charge in [0.2, 0.25) is 0 Å². The molecule has 1 amide bonds. The van der Waals surface area contributed by atoms with E-state index in [1.54, 1.807) is 36.3 Å². The van der Waals surface area contributed by atoms with Crippen LogP contribution in [0.5, 0.6) is 11.5 Å². The average molecular weight is 436 g/mol. The summed E-state index contributed by atoms with van der Waals surface area (Å²) in [6, 6.07) is 12.6. The molecule has 2 heterocycles. The molecule has 0 radical (unpaired) electrons. The van der Waals surface area contributed by atoms with Crippen LogP contribution in [0.3, 0.4) is 0 Å². The fourth-order valence-corrected chi connectivity index (χ4v) is 4.61. The van der Waals surface area contributed by atoms with Crippen molar-refractivity contribution in [2.45, 2.75) is 44.6 Å². The van der Waals surface area contributed by atoms with E-state index in [4.69, 9.17) is 9.47 Å². The van der Waals surface area contributed by atoms with Crippen molar-refractivity contribution >= 4 is 11.7 Å². The van der Waals surface area contributed by atoms with Gasteiger partial charge in [-0.05, 0) is 35.2 Å². The first-order valence-electron chi connectivity index (χ1n) is 10.9. The van der Waals surface area contributed by atoms with E-state index in [1.807, 2.05) is 18.2 Å². The van der Waals surface area contributed by atoms with Gasteiger partial charge < -0.3 is 19.5 Å². The number of ketones is 1. The summed E-state index contributed by atoms with van der Waals surface area (Å²) in [5, 5.41) is 9.85. The van der Waals surface area contributed by atoms with Crippen LogP contribution in [0.25, 0.3) is 0 Å². The van der Waals surface area contributed by atoms with Gasteiger partial charge in [0, 0.05) is 31.5 Å². The third-order valence-corrected chi connectivity index (χ3v) is 6.42. The minimum Gasteiger partial charge on any atom is -0.515 e. The van der Waals surface area contributed by atoms with Gasteiger partial charge in [-0.25, -0.2) is 0 Å². The topological polar surface area (TPSA) is 76.1 Å². The molecule has 0 unspecified atom stereocenters. The van der Waals surface area contributed by atoms with E-state index in [0.717, 1.165) is 11.8 Å². The smallest absolute Gasteiger partial charge is 0.253 e. The Kier molecular flexibility index (Phi) is 5.49. The maximum atomic E-state index is 13.2. The van der Waals surface area contributed by atoms with E-state index in [0.29, 0.717) is 48.6 Å². The van der Waals surface area contributed by atoms with Crippen LogP contribution in [-0.4, -0.2) is 47.5 Å². The van der Waals surface area contributed by atoms with Crippen molar-refractivity contribution in [3.63, 3.8) is 0 Å². The lowest BCUT2D eigenvalue weighted by molar-refractivity contribution is 0.0203. The number of hydrogen-bond acceptors (Lipinski definition) is 5. The predicted octanol–water partition coefficient (Wildman–Crippen LogP) is 4.68. The van der Waals surface area contributed by atoms with Gasteiger partial charge in [0.15, 0.2) is 5.78 Å². The van der Waals surface area contributed by atoms with Crippen LogP contribution in [0.2, 0.25) is 0 Å². The van der Waals surface area contributed by atoms with E-state index >= 15 is 0 Å². The van der Waals surface area contributed by atoms with Gasteiger partial charge in [-0.3, -0.25) is 9.59 Å². The highest BCUT2D eigenvalue weighted by Gasteiger charge is 2.48. The second-order valence-electron chi connectivity index (χ2n) is 9.42. The third-order valence-electron chi connectivity index (χ3n) is 6.42. The number of carbonyl (C=O) groups excluding carboxylic acids is 2. The maximum absolute atomic E-state index is 13.2. The first-order valence-corrected chi connectivity index (χ1v) is 10.9. The van der Waals surface area contributed by atoms with Crippen LogP contribution in [0, 0.1) is 0 Å². The van der Waals surface area contributed by atoms with Crippen LogP contribution in [0.15, 0.2) is 54.3 Å². The largest absolute Gasteiger partial charge is 0.515 e. The normalized spacial score (nSPS) is 18.9. The van der Waals surface area contributed by atoms with Crippen LogP contribution < -0.4 is 9.47 Å². The maximum Gasteiger partial charge on any atom is 0.253 e. The van der Waals surface area contributed by atoms with E-state index in [-0.39, 0.29) is 22.7 Å². The summed E-state index contributed by atoms with van der Waals surface area (Å²) in [5.74, 6) is 0.901. The van der Waals surface area contributed by atoms with E-state index in [2.05, 4.69) is 20.8 Å². The molecule has 2 aliphatic rings. The number of fused-ring (bicyclic) bond motifs is 1. The van der Waals surface area contributed by atoms with E-state index in [9.17, 15) is 14.7 Å². The highest BCUT2D eigenvalue weighted by Crippen LogP contribution is 2.42. The molecule has 6 nitrogen and oxygen atoms in total. The number of amides is 1.